The Labute approximate surface area is 148 Å². The van der Waals surface area contributed by atoms with E-state index in [0.717, 1.165) is 31.7 Å². The predicted octanol–water partition coefficient (Wildman–Crippen LogP) is 0.662. The summed E-state index contributed by atoms with van der Waals surface area (Å²) < 4.78 is 5.54. The molecule has 7 heteroatoms. The van der Waals surface area contributed by atoms with Crippen LogP contribution in [-0.2, 0) is 9.59 Å². The molecular formula is C18H27N3O4. The molecule has 0 spiro atoms. The second-order valence-corrected chi connectivity index (χ2v) is 6.33. The van der Waals surface area contributed by atoms with Crippen LogP contribution in [0.5, 0.6) is 5.75 Å². The normalized spacial score (nSPS) is 15.9. The number of rotatable bonds is 9. The fourth-order valence-electron chi connectivity index (χ4n) is 3.00. The van der Waals surface area contributed by atoms with Crippen molar-refractivity contribution in [3.63, 3.8) is 0 Å². The van der Waals surface area contributed by atoms with Gasteiger partial charge in [0.1, 0.15) is 12.4 Å². The van der Waals surface area contributed by atoms with Crippen molar-refractivity contribution >= 4 is 11.9 Å². The van der Waals surface area contributed by atoms with Crippen LogP contribution in [0, 0.1) is 0 Å². The number of carbonyl (C=O) groups is 2. The van der Waals surface area contributed by atoms with Crippen molar-refractivity contribution in [1.82, 2.24) is 15.1 Å². The van der Waals surface area contributed by atoms with Gasteiger partial charge in [0.2, 0.25) is 5.91 Å². The van der Waals surface area contributed by atoms with E-state index in [0.29, 0.717) is 19.7 Å². The zero-order valence-corrected chi connectivity index (χ0v) is 14.7. The van der Waals surface area contributed by atoms with Crippen molar-refractivity contribution < 1.29 is 19.4 Å². The van der Waals surface area contributed by atoms with Gasteiger partial charge in [-0.25, -0.2) is 0 Å². The molecule has 0 radical (unpaired) electrons. The second-order valence-electron chi connectivity index (χ2n) is 6.33. The average molecular weight is 349 g/mol. The molecular weight excluding hydrogens is 322 g/mol. The Morgan fingerprint density at radius 2 is 1.96 bits per heavy atom. The maximum absolute atomic E-state index is 12.0. The number of aliphatic carboxylic acids is 1. The van der Waals surface area contributed by atoms with Crippen LogP contribution in [0.15, 0.2) is 30.3 Å². The number of ether oxygens (including phenoxy) is 1. The van der Waals surface area contributed by atoms with Gasteiger partial charge in [-0.1, -0.05) is 18.2 Å². The SMILES string of the molecule is CN(CC(=O)O)C1CCN(CC(=O)NCCOc2ccccc2)CC1. The minimum absolute atomic E-state index is 0.00555. The zero-order valence-electron chi connectivity index (χ0n) is 14.7. The lowest BCUT2D eigenvalue weighted by Gasteiger charge is -2.35. The Bertz CT molecular complexity index is 545. The minimum Gasteiger partial charge on any atom is -0.492 e. The summed E-state index contributed by atoms with van der Waals surface area (Å²) in [5, 5.41) is 11.7. The molecule has 1 saturated heterocycles. The molecule has 138 valence electrons. The summed E-state index contributed by atoms with van der Waals surface area (Å²) >= 11 is 0. The van der Waals surface area contributed by atoms with Crippen molar-refractivity contribution in [2.24, 2.45) is 0 Å². The molecule has 2 N–H and O–H groups in total. The number of nitrogens with one attached hydrogen (secondary N) is 1. The Morgan fingerprint density at radius 1 is 1.28 bits per heavy atom. The topological polar surface area (TPSA) is 82.1 Å². The third kappa shape index (κ3) is 7.11. The van der Waals surface area contributed by atoms with Crippen LogP contribution in [0.2, 0.25) is 0 Å². The number of amides is 1. The summed E-state index contributed by atoms with van der Waals surface area (Å²) in [5.41, 5.74) is 0. The minimum atomic E-state index is -0.804. The molecule has 1 aliphatic rings. The number of hydrogen-bond donors (Lipinski definition) is 2. The lowest BCUT2D eigenvalue weighted by atomic mass is 10.0. The number of likely N-dealkylation sites (N-methyl/N-ethyl adjacent to an activating group) is 1. The van der Waals surface area contributed by atoms with Gasteiger partial charge in [0.05, 0.1) is 19.6 Å². The van der Waals surface area contributed by atoms with Crippen molar-refractivity contribution in [2.45, 2.75) is 18.9 Å². The highest BCUT2D eigenvalue weighted by Crippen LogP contribution is 2.14. The number of benzene rings is 1. The van der Waals surface area contributed by atoms with Crippen LogP contribution in [-0.4, -0.2) is 79.2 Å². The molecule has 0 aromatic heterocycles. The van der Waals surface area contributed by atoms with Gasteiger partial charge in [0.15, 0.2) is 0 Å². The smallest absolute Gasteiger partial charge is 0.317 e. The van der Waals surface area contributed by atoms with E-state index < -0.39 is 5.97 Å². The Morgan fingerprint density at radius 3 is 2.60 bits per heavy atom. The molecule has 1 fully saturated rings. The van der Waals surface area contributed by atoms with E-state index in [-0.39, 0.29) is 18.5 Å². The van der Waals surface area contributed by atoms with Gasteiger partial charge in [-0.2, -0.15) is 0 Å². The highest BCUT2D eigenvalue weighted by molar-refractivity contribution is 5.78. The van der Waals surface area contributed by atoms with Gasteiger partial charge in [-0.05, 0) is 32.0 Å². The fourth-order valence-corrected chi connectivity index (χ4v) is 3.00. The Balaban J connectivity index is 1.58. The first kappa shape index (κ1) is 19.2. The molecule has 1 aromatic carbocycles. The van der Waals surface area contributed by atoms with Crippen LogP contribution >= 0.6 is 0 Å². The first-order valence-corrected chi connectivity index (χ1v) is 8.63. The molecule has 1 heterocycles. The summed E-state index contributed by atoms with van der Waals surface area (Å²) in [6.07, 6.45) is 1.77. The van der Waals surface area contributed by atoms with Crippen LogP contribution in [0.25, 0.3) is 0 Å². The highest BCUT2D eigenvalue weighted by atomic mass is 16.5. The number of para-hydroxylation sites is 1. The molecule has 1 aliphatic heterocycles. The van der Waals surface area contributed by atoms with Gasteiger partial charge in [-0.15, -0.1) is 0 Å². The summed E-state index contributed by atoms with van der Waals surface area (Å²) in [5.74, 6) is -0.0136. The number of likely N-dealkylation sites (tertiary alicyclic amines) is 1. The van der Waals surface area contributed by atoms with Crippen LogP contribution in [0.1, 0.15) is 12.8 Å². The largest absolute Gasteiger partial charge is 0.492 e. The monoisotopic (exact) mass is 349 g/mol. The Hall–Kier alpha value is -2.12. The Kier molecular flexibility index (Phi) is 7.69. The van der Waals surface area contributed by atoms with Gasteiger partial charge in [0, 0.05) is 19.1 Å². The summed E-state index contributed by atoms with van der Waals surface area (Å²) in [6, 6.07) is 9.78. The lowest BCUT2D eigenvalue weighted by molar-refractivity contribution is -0.138. The highest BCUT2D eigenvalue weighted by Gasteiger charge is 2.24. The maximum Gasteiger partial charge on any atom is 0.317 e. The van der Waals surface area contributed by atoms with E-state index in [4.69, 9.17) is 9.84 Å². The van der Waals surface area contributed by atoms with Crippen molar-refractivity contribution in [3.8, 4) is 5.75 Å². The van der Waals surface area contributed by atoms with E-state index in [2.05, 4.69) is 10.2 Å². The molecule has 0 atom stereocenters. The van der Waals surface area contributed by atoms with Crippen LogP contribution in [0.3, 0.4) is 0 Å². The molecule has 0 unspecified atom stereocenters. The first-order chi connectivity index (χ1) is 12.0. The molecule has 1 amide bonds. The molecule has 2 rings (SSSR count). The van der Waals surface area contributed by atoms with Crippen molar-refractivity contribution in [3.05, 3.63) is 30.3 Å². The van der Waals surface area contributed by atoms with E-state index >= 15 is 0 Å². The molecule has 1 aromatic rings. The number of carbonyl (C=O) groups excluding carboxylic acids is 1. The quantitative estimate of drug-likeness (QED) is 0.638. The van der Waals surface area contributed by atoms with E-state index in [1.807, 2.05) is 42.3 Å². The standard InChI is InChI=1S/C18H27N3O4/c1-20(14-18(23)24)15-7-10-21(11-8-15)13-17(22)19-9-12-25-16-5-3-2-4-6-16/h2-6,15H,7-14H2,1H3,(H,19,22)(H,23,24). The van der Waals surface area contributed by atoms with Gasteiger partial charge in [-0.3, -0.25) is 19.4 Å². The van der Waals surface area contributed by atoms with E-state index in [1.54, 1.807) is 0 Å². The zero-order chi connectivity index (χ0) is 18.1. The lowest BCUT2D eigenvalue weighted by Crippen LogP contribution is -2.47. The second kappa shape index (κ2) is 10.0. The van der Waals surface area contributed by atoms with Gasteiger partial charge >= 0.3 is 5.97 Å². The molecule has 25 heavy (non-hydrogen) atoms. The van der Waals surface area contributed by atoms with Crippen molar-refractivity contribution in [2.75, 3.05) is 46.4 Å². The first-order valence-electron chi connectivity index (χ1n) is 8.63. The molecule has 0 saturated carbocycles. The number of hydrogen-bond acceptors (Lipinski definition) is 5. The van der Waals surface area contributed by atoms with E-state index in [9.17, 15) is 9.59 Å². The molecule has 0 bridgehead atoms. The van der Waals surface area contributed by atoms with Gasteiger partial charge in [0.25, 0.3) is 0 Å². The molecule has 0 aliphatic carbocycles. The summed E-state index contributed by atoms with van der Waals surface area (Å²) in [4.78, 5) is 26.7. The third-order valence-corrected chi connectivity index (χ3v) is 4.37. The average Bonchev–Trinajstić information content (AvgIpc) is 2.60. The number of piperidine rings is 1. The maximum atomic E-state index is 12.0. The number of nitrogens with zero attached hydrogens (tertiary/aromatic N) is 2. The summed E-state index contributed by atoms with van der Waals surface area (Å²) in [7, 11) is 1.84. The van der Waals surface area contributed by atoms with E-state index in [1.165, 1.54) is 0 Å². The number of carboxylic acids is 1. The summed E-state index contributed by atoms with van der Waals surface area (Å²) in [6.45, 7) is 2.97. The predicted molar refractivity (Wildman–Crippen MR) is 94.7 cm³/mol. The van der Waals surface area contributed by atoms with Crippen molar-refractivity contribution in [1.29, 1.82) is 0 Å². The molecule has 7 nitrogen and oxygen atoms in total. The fraction of sp³-hybridized carbons (Fsp3) is 0.556. The number of carboxylic acid groups (broad SMARTS) is 1. The van der Waals surface area contributed by atoms with Gasteiger partial charge < -0.3 is 15.2 Å². The third-order valence-electron chi connectivity index (χ3n) is 4.37. The van der Waals surface area contributed by atoms with Crippen LogP contribution < -0.4 is 10.1 Å². The van der Waals surface area contributed by atoms with Crippen LogP contribution in [0.4, 0.5) is 0 Å².